The predicted octanol–water partition coefficient (Wildman–Crippen LogP) is 3.63. The molecule has 0 aliphatic rings. The number of benzene rings is 1. The molecule has 1 aromatic carbocycles. The lowest BCUT2D eigenvalue weighted by atomic mass is 10.1. The topological polar surface area (TPSA) is 26.0 Å². The van der Waals surface area contributed by atoms with E-state index >= 15 is 0 Å². The largest absolute Gasteiger partial charge is 0.365 e. The zero-order valence-electron chi connectivity index (χ0n) is 9.43. The van der Waals surface area contributed by atoms with E-state index in [0.29, 0.717) is 0 Å². The van der Waals surface area contributed by atoms with Crippen LogP contribution in [0, 0.1) is 0 Å². The van der Waals surface area contributed by atoms with Crippen molar-refractivity contribution < 1.29 is 4.52 Å². The summed E-state index contributed by atoms with van der Waals surface area (Å²) in [7, 11) is 0. The molecule has 2 aromatic rings. The smallest absolute Gasteiger partial charge is 0.124 e. The molecular weight excluding hydrogens is 198 g/mol. The van der Waals surface area contributed by atoms with Gasteiger partial charge in [-0.1, -0.05) is 41.9 Å². The van der Waals surface area contributed by atoms with E-state index in [4.69, 9.17) is 4.52 Å². The molecule has 0 saturated carbocycles. The Balaban J connectivity index is 1.59. The van der Waals surface area contributed by atoms with Gasteiger partial charge in [-0.15, -0.1) is 0 Å². The van der Waals surface area contributed by atoms with Gasteiger partial charge in [0.1, 0.15) is 6.26 Å². The number of unbranched alkanes of at least 4 members (excludes halogenated alkanes) is 2. The summed E-state index contributed by atoms with van der Waals surface area (Å²) >= 11 is 0. The van der Waals surface area contributed by atoms with E-state index in [1.807, 2.05) is 6.07 Å². The van der Waals surface area contributed by atoms with Gasteiger partial charge < -0.3 is 4.52 Å². The third kappa shape index (κ3) is 3.54. The fourth-order valence-corrected chi connectivity index (χ4v) is 1.82. The van der Waals surface area contributed by atoms with Crippen LogP contribution in [0.4, 0.5) is 0 Å². The molecule has 84 valence electrons. The lowest BCUT2D eigenvalue weighted by Gasteiger charge is -2.00. The minimum absolute atomic E-state index is 1.03. The van der Waals surface area contributed by atoms with Gasteiger partial charge in [-0.3, -0.25) is 0 Å². The van der Waals surface area contributed by atoms with Crippen LogP contribution in [0.2, 0.25) is 0 Å². The van der Waals surface area contributed by atoms with Crippen molar-refractivity contribution in [3.8, 4) is 0 Å². The van der Waals surface area contributed by atoms with Crippen molar-refractivity contribution in [3.63, 3.8) is 0 Å². The van der Waals surface area contributed by atoms with E-state index in [9.17, 15) is 0 Å². The molecule has 0 fully saturated rings. The Morgan fingerprint density at radius 3 is 2.44 bits per heavy atom. The zero-order chi connectivity index (χ0) is 11.1. The van der Waals surface area contributed by atoms with E-state index < -0.39 is 0 Å². The van der Waals surface area contributed by atoms with Gasteiger partial charge in [0.15, 0.2) is 0 Å². The van der Waals surface area contributed by atoms with Crippen LogP contribution >= 0.6 is 0 Å². The highest BCUT2D eigenvalue weighted by molar-refractivity contribution is 5.14. The van der Waals surface area contributed by atoms with Crippen molar-refractivity contribution in [2.75, 3.05) is 0 Å². The number of aromatic nitrogens is 1. The van der Waals surface area contributed by atoms with E-state index in [0.717, 1.165) is 12.1 Å². The average Bonchev–Trinajstić information content (AvgIpc) is 2.83. The zero-order valence-corrected chi connectivity index (χ0v) is 9.43. The van der Waals surface area contributed by atoms with Crippen molar-refractivity contribution in [2.45, 2.75) is 32.1 Å². The molecule has 0 spiro atoms. The predicted molar refractivity (Wildman–Crippen MR) is 64.2 cm³/mol. The molecule has 0 radical (unpaired) electrons. The lowest BCUT2D eigenvalue weighted by Crippen LogP contribution is -1.88. The molecule has 0 aliphatic carbocycles. The van der Waals surface area contributed by atoms with Gasteiger partial charge in [-0.25, -0.2) is 0 Å². The van der Waals surface area contributed by atoms with Gasteiger partial charge in [0, 0.05) is 6.07 Å². The minimum Gasteiger partial charge on any atom is -0.365 e. The molecule has 0 bridgehead atoms. The number of hydrogen-bond acceptors (Lipinski definition) is 2. The highest BCUT2D eigenvalue weighted by atomic mass is 16.5. The summed E-state index contributed by atoms with van der Waals surface area (Å²) < 4.78 is 4.79. The molecule has 0 N–H and O–H groups in total. The van der Waals surface area contributed by atoms with Crippen LogP contribution in [0.5, 0.6) is 0 Å². The molecule has 0 atom stereocenters. The number of nitrogens with zero attached hydrogens (tertiary/aromatic N) is 1. The summed E-state index contributed by atoms with van der Waals surface area (Å²) in [5, 5.41) is 3.90. The maximum atomic E-state index is 4.79. The SMILES string of the molecule is c1ccc(CCCCCc2ccon2)cc1. The Morgan fingerprint density at radius 2 is 1.69 bits per heavy atom. The molecule has 1 heterocycles. The summed E-state index contributed by atoms with van der Waals surface area (Å²) in [6, 6.07) is 12.6. The molecule has 0 saturated heterocycles. The van der Waals surface area contributed by atoms with Gasteiger partial charge in [0.2, 0.25) is 0 Å². The van der Waals surface area contributed by atoms with Crippen LogP contribution in [0.15, 0.2) is 47.2 Å². The van der Waals surface area contributed by atoms with Gasteiger partial charge in [0.25, 0.3) is 0 Å². The summed E-state index contributed by atoms with van der Waals surface area (Å²) in [6.07, 6.45) is 7.55. The molecule has 2 rings (SSSR count). The van der Waals surface area contributed by atoms with E-state index in [-0.39, 0.29) is 0 Å². The van der Waals surface area contributed by atoms with Gasteiger partial charge in [-0.2, -0.15) is 0 Å². The second-order valence-electron chi connectivity index (χ2n) is 4.04. The van der Waals surface area contributed by atoms with Crippen molar-refractivity contribution in [3.05, 3.63) is 53.9 Å². The van der Waals surface area contributed by atoms with Crippen LogP contribution in [0.3, 0.4) is 0 Å². The summed E-state index contributed by atoms with van der Waals surface area (Å²) in [4.78, 5) is 0. The van der Waals surface area contributed by atoms with E-state index in [2.05, 4.69) is 35.5 Å². The minimum atomic E-state index is 1.03. The fraction of sp³-hybridized carbons (Fsp3) is 0.357. The van der Waals surface area contributed by atoms with Crippen molar-refractivity contribution in [1.82, 2.24) is 5.16 Å². The van der Waals surface area contributed by atoms with Crippen LogP contribution in [0.1, 0.15) is 30.5 Å². The Bertz CT molecular complexity index is 380. The Kier molecular flexibility index (Phi) is 4.17. The third-order valence-corrected chi connectivity index (χ3v) is 2.73. The lowest BCUT2D eigenvalue weighted by molar-refractivity contribution is 0.410. The van der Waals surface area contributed by atoms with Gasteiger partial charge in [0.05, 0.1) is 5.69 Å². The normalized spacial score (nSPS) is 10.5. The molecule has 0 aliphatic heterocycles. The van der Waals surface area contributed by atoms with Crippen LogP contribution < -0.4 is 0 Å². The van der Waals surface area contributed by atoms with Crippen molar-refractivity contribution >= 4 is 0 Å². The second-order valence-corrected chi connectivity index (χ2v) is 4.04. The summed E-state index contributed by atoms with van der Waals surface area (Å²) in [5.41, 5.74) is 2.50. The molecule has 1 aromatic heterocycles. The molecule has 0 amide bonds. The highest BCUT2D eigenvalue weighted by Crippen LogP contribution is 2.08. The molecule has 2 heteroatoms. The van der Waals surface area contributed by atoms with Crippen LogP contribution in [-0.4, -0.2) is 5.16 Å². The summed E-state index contributed by atoms with van der Waals surface area (Å²) in [6.45, 7) is 0. The fourth-order valence-electron chi connectivity index (χ4n) is 1.82. The molecule has 2 nitrogen and oxygen atoms in total. The monoisotopic (exact) mass is 215 g/mol. The first kappa shape index (κ1) is 10.9. The number of hydrogen-bond donors (Lipinski definition) is 0. The first-order valence-electron chi connectivity index (χ1n) is 5.88. The van der Waals surface area contributed by atoms with Crippen molar-refractivity contribution in [1.29, 1.82) is 0 Å². The van der Waals surface area contributed by atoms with Crippen LogP contribution in [0.25, 0.3) is 0 Å². The Hall–Kier alpha value is -1.57. The summed E-state index contributed by atoms with van der Waals surface area (Å²) in [5.74, 6) is 0. The molecule has 16 heavy (non-hydrogen) atoms. The van der Waals surface area contributed by atoms with Gasteiger partial charge in [-0.05, 0) is 31.2 Å². The quantitative estimate of drug-likeness (QED) is 0.688. The standard InChI is InChI=1S/C14H17NO/c1-3-7-13(8-4-1)9-5-2-6-10-14-11-12-16-15-14/h1,3-4,7-8,11-12H,2,5-6,9-10H2. The first-order valence-corrected chi connectivity index (χ1v) is 5.88. The molecule has 0 unspecified atom stereocenters. The van der Waals surface area contributed by atoms with E-state index in [1.54, 1.807) is 6.26 Å². The van der Waals surface area contributed by atoms with Gasteiger partial charge >= 0.3 is 0 Å². The Morgan fingerprint density at radius 1 is 0.875 bits per heavy atom. The van der Waals surface area contributed by atoms with E-state index in [1.165, 1.54) is 31.2 Å². The van der Waals surface area contributed by atoms with Crippen molar-refractivity contribution in [2.24, 2.45) is 0 Å². The molecular formula is C14H17NO. The van der Waals surface area contributed by atoms with Crippen LogP contribution in [-0.2, 0) is 12.8 Å². The first-order chi connectivity index (χ1) is 7.95. The Labute approximate surface area is 96.3 Å². The number of rotatable bonds is 6. The number of aryl methyl sites for hydroxylation is 2. The maximum absolute atomic E-state index is 4.79. The maximum Gasteiger partial charge on any atom is 0.124 e. The second kappa shape index (κ2) is 6.11. The highest BCUT2D eigenvalue weighted by Gasteiger charge is 1.97. The third-order valence-electron chi connectivity index (χ3n) is 2.73. The average molecular weight is 215 g/mol.